The van der Waals surface area contributed by atoms with Crippen molar-refractivity contribution >= 4 is 5.71 Å². The van der Waals surface area contributed by atoms with Crippen LogP contribution in [0.2, 0.25) is 0 Å². The van der Waals surface area contributed by atoms with Gasteiger partial charge in [0.05, 0.1) is 0 Å². The van der Waals surface area contributed by atoms with Gasteiger partial charge in [-0.25, -0.2) is 0 Å². The van der Waals surface area contributed by atoms with Gasteiger partial charge in [0, 0.05) is 18.7 Å². The van der Waals surface area contributed by atoms with Crippen molar-refractivity contribution in [3.8, 4) is 0 Å². The van der Waals surface area contributed by atoms with Crippen LogP contribution in [0.4, 0.5) is 0 Å². The average Bonchev–Trinajstić information content (AvgIpc) is 1.91. The molecule has 0 spiro atoms. The zero-order valence-corrected chi connectivity index (χ0v) is 6.65. The Bertz CT molecular complexity index is 78.6. The SMILES string of the molecule is C[CH]C(CC)=NCCC. The quantitative estimate of drug-likeness (QED) is 0.513. The summed E-state index contributed by atoms with van der Waals surface area (Å²) in [6, 6.07) is 0. The van der Waals surface area contributed by atoms with E-state index in [-0.39, 0.29) is 0 Å². The number of rotatable bonds is 4. The van der Waals surface area contributed by atoms with Crippen molar-refractivity contribution in [2.75, 3.05) is 6.54 Å². The third kappa shape index (κ3) is 4.19. The summed E-state index contributed by atoms with van der Waals surface area (Å²) in [4.78, 5) is 4.34. The molecule has 0 fully saturated rings. The molecule has 1 heteroatoms. The Hall–Kier alpha value is -0.330. The first kappa shape index (κ1) is 8.67. The predicted molar refractivity (Wildman–Crippen MR) is 42.9 cm³/mol. The Morgan fingerprint density at radius 1 is 1.44 bits per heavy atom. The fourth-order valence-corrected chi connectivity index (χ4v) is 0.663. The van der Waals surface area contributed by atoms with E-state index >= 15 is 0 Å². The van der Waals surface area contributed by atoms with Crippen LogP contribution in [0.1, 0.15) is 33.6 Å². The lowest BCUT2D eigenvalue weighted by Crippen LogP contribution is -1.95. The molecule has 0 unspecified atom stereocenters. The van der Waals surface area contributed by atoms with Crippen molar-refractivity contribution in [3.63, 3.8) is 0 Å². The van der Waals surface area contributed by atoms with E-state index in [1.165, 1.54) is 5.71 Å². The van der Waals surface area contributed by atoms with E-state index < -0.39 is 0 Å². The molecule has 0 heterocycles. The molecule has 0 saturated heterocycles. The molecule has 1 radical (unpaired) electrons. The van der Waals surface area contributed by atoms with Crippen LogP contribution < -0.4 is 0 Å². The summed E-state index contributed by atoms with van der Waals surface area (Å²) in [5.74, 6) is 0. The summed E-state index contributed by atoms with van der Waals surface area (Å²) in [5.41, 5.74) is 1.23. The van der Waals surface area contributed by atoms with Gasteiger partial charge in [-0.2, -0.15) is 0 Å². The molecule has 0 aromatic heterocycles. The van der Waals surface area contributed by atoms with Crippen molar-refractivity contribution in [1.82, 2.24) is 0 Å². The lowest BCUT2D eigenvalue weighted by molar-refractivity contribution is 0.925. The van der Waals surface area contributed by atoms with Crippen LogP contribution in [-0.2, 0) is 0 Å². The highest BCUT2D eigenvalue weighted by atomic mass is 14.7. The smallest absolute Gasteiger partial charge is 0.0386 e. The molecule has 0 aliphatic carbocycles. The predicted octanol–water partition coefficient (Wildman–Crippen LogP) is 2.47. The van der Waals surface area contributed by atoms with E-state index in [0.717, 1.165) is 19.4 Å². The molecule has 53 valence electrons. The third-order valence-corrected chi connectivity index (χ3v) is 1.23. The van der Waals surface area contributed by atoms with Crippen LogP contribution in [0.25, 0.3) is 0 Å². The summed E-state index contributed by atoms with van der Waals surface area (Å²) < 4.78 is 0. The van der Waals surface area contributed by atoms with E-state index in [2.05, 4.69) is 25.3 Å². The second-order valence-corrected chi connectivity index (χ2v) is 2.02. The summed E-state index contributed by atoms with van der Waals surface area (Å²) >= 11 is 0. The van der Waals surface area contributed by atoms with Gasteiger partial charge in [0.25, 0.3) is 0 Å². The Labute approximate surface area is 58.2 Å². The normalized spacial score (nSPS) is 12.1. The zero-order valence-electron chi connectivity index (χ0n) is 6.65. The maximum absolute atomic E-state index is 4.34. The fourth-order valence-electron chi connectivity index (χ4n) is 0.663. The number of hydrogen-bond acceptors (Lipinski definition) is 1. The summed E-state index contributed by atoms with van der Waals surface area (Å²) in [5, 5.41) is 0. The second-order valence-electron chi connectivity index (χ2n) is 2.02. The highest BCUT2D eigenvalue weighted by Gasteiger charge is 1.88. The van der Waals surface area contributed by atoms with Gasteiger partial charge in [-0.1, -0.05) is 20.8 Å². The number of nitrogens with zero attached hydrogens (tertiary/aromatic N) is 1. The number of aliphatic imine (C=N–C) groups is 1. The van der Waals surface area contributed by atoms with E-state index in [1.54, 1.807) is 0 Å². The van der Waals surface area contributed by atoms with Gasteiger partial charge in [0.15, 0.2) is 0 Å². The molecule has 0 N–H and O–H groups in total. The Morgan fingerprint density at radius 2 is 2.11 bits per heavy atom. The molecule has 0 rings (SSSR count). The molecule has 9 heavy (non-hydrogen) atoms. The van der Waals surface area contributed by atoms with E-state index in [9.17, 15) is 0 Å². The third-order valence-electron chi connectivity index (χ3n) is 1.23. The van der Waals surface area contributed by atoms with Crippen LogP contribution in [0, 0.1) is 6.42 Å². The Kier molecular flexibility index (Phi) is 5.59. The summed E-state index contributed by atoms with van der Waals surface area (Å²) in [6.07, 6.45) is 4.30. The molecular weight excluding hydrogens is 110 g/mol. The van der Waals surface area contributed by atoms with Gasteiger partial charge in [0.2, 0.25) is 0 Å². The molecule has 0 bridgehead atoms. The minimum atomic E-state index is 0.980. The first-order valence-electron chi connectivity index (χ1n) is 3.67. The van der Waals surface area contributed by atoms with Crippen LogP contribution in [0.3, 0.4) is 0 Å². The molecular formula is C8H16N. The van der Waals surface area contributed by atoms with E-state index in [0.29, 0.717) is 0 Å². The highest BCUT2D eigenvalue weighted by Crippen LogP contribution is 1.91. The maximum atomic E-state index is 4.34. The van der Waals surface area contributed by atoms with Gasteiger partial charge in [-0.3, -0.25) is 4.99 Å². The Balaban J connectivity index is 3.48. The standard InChI is InChI=1S/C8H16N/c1-4-7-9-8(5-2)6-3/h5H,4,6-7H2,1-3H3. The highest BCUT2D eigenvalue weighted by molar-refractivity contribution is 5.91. The monoisotopic (exact) mass is 126 g/mol. The number of hydrogen-bond donors (Lipinski definition) is 0. The minimum Gasteiger partial charge on any atom is -0.294 e. The lowest BCUT2D eigenvalue weighted by atomic mass is 10.2. The van der Waals surface area contributed by atoms with Crippen molar-refractivity contribution < 1.29 is 0 Å². The van der Waals surface area contributed by atoms with Crippen LogP contribution in [0.15, 0.2) is 4.99 Å². The van der Waals surface area contributed by atoms with E-state index in [1.807, 2.05) is 6.92 Å². The van der Waals surface area contributed by atoms with Gasteiger partial charge < -0.3 is 0 Å². The maximum Gasteiger partial charge on any atom is 0.0386 e. The molecule has 0 aliphatic heterocycles. The first-order valence-corrected chi connectivity index (χ1v) is 3.67. The van der Waals surface area contributed by atoms with Crippen molar-refractivity contribution in [3.05, 3.63) is 6.42 Å². The zero-order chi connectivity index (χ0) is 7.11. The van der Waals surface area contributed by atoms with Crippen LogP contribution >= 0.6 is 0 Å². The summed E-state index contributed by atoms with van der Waals surface area (Å²) in [6.45, 7) is 7.30. The topological polar surface area (TPSA) is 12.4 Å². The largest absolute Gasteiger partial charge is 0.294 e. The Morgan fingerprint density at radius 3 is 2.44 bits per heavy atom. The van der Waals surface area contributed by atoms with Gasteiger partial charge in [-0.15, -0.1) is 0 Å². The first-order chi connectivity index (χ1) is 4.35. The lowest BCUT2D eigenvalue weighted by Gasteiger charge is -1.96. The van der Waals surface area contributed by atoms with Gasteiger partial charge >= 0.3 is 0 Å². The fraction of sp³-hybridized carbons (Fsp3) is 0.750. The molecule has 0 atom stereocenters. The average molecular weight is 126 g/mol. The summed E-state index contributed by atoms with van der Waals surface area (Å²) in [7, 11) is 0. The molecule has 0 amide bonds. The molecule has 0 aromatic rings. The van der Waals surface area contributed by atoms with Crippen LogP contribution in [0.5, 0.6) is 0 Å². The van der Waals surface area contributed by atoms with Crippen LogP contribution in [-0.4, -0.2) is 12.3 Å². The molecule has 0 aliphatic rings. The minimum absolute atomic E-state index is 0.980. The molecule has 0 aromatic carbocycles. The second kappa shape index (κ2) is 5.80. The molecule has 0 saturated carbocycles. The van der Waals surface area contributed by atoms with Crippen molar-refractivity contribution in [2.24, 2.45) is 4.99 Å². The van der Waals surface area contributed by atoms with Gasteiger partial charge in [-0.05, 0) is 12.8 Å². The molecule has 1 nitrogen and oxygen atoms in total. The van der Waals surface area contributed by atoms with Crippen molar-refractivity contribution in [1.29, 1.82) is 0 Å². The van der Waals surface area contributed by atoms with E-state index in [4.69, 9.17) is 0 Å². The van der Waals surface area contributed by atoms with Crippen molar-refractivity contribution in [2.45, 2.75) is 33.6 Å². The van der Waals surface area contributed by atoms with Gasteiger partial charge in [0.1, 0.15) is 0 Å².